The van der Waals surface area contributed by atoms with E-state index in [1.54, 1.807) is 14.2 Å². The van der Waals surface area contributed by atoms with Gasteiger partial charge in [-0.1, -0.05) is 24.0 Å². The molecule has 0 saturated carbocycles. The molecule has 2 aliphatic rings. The first-order valence-electron chi connectivity index (χ1n) is 11.5. The number of hydrogen-bond acceptors (Lipinski definition) is 5. The van der Waals surface area contributed by atoms with Gasteiger partial charge in [-0.05, 0) is 61.3 Å². The molecule has 174 valence electrons. The van der Waals surface area contributed by atoms with Crippen molar-refractivity contribution in [1.82, 2.24) is 9.80 Å². The van der Waals surface area contributed by atoms with Gasteiger partial charge in [-0.15, -0.1) is 0 Å². The predicted molar refractivity (Wildman–Crippen MR) is 127 cm³/mol. The Morgan fingerprint density at radius 1 is 1.00 bits per heavy atom. The molecule has 0 aromatic heterocycles. The molecule has 2 fully saturated rings. The van der Waals surface area contributed by atoms with Crippen LogP contribution in [0.1, 0.15) is 35.4 Å². The van der Waals surface area contributed by atoms with E-state index in [1.165, 1.54) is 5.56 Å². The van der Waals surface area contributed by atoms with E-state index in [-0.39, 0.29) is 37.1 Å². The van der Waals surface area contributed by atoms with Gasteiger partial charge in [0, 0.05) is 49.3 Å². The van der Waals surface area contributed by atoms with Crippen LogP contribution < -0.4 is 4.74 Å². The highest BCUT2D eigenvalue weighted by atomic mass is 16.5. The summed E-state index contributed by atoms with van der Waals surface area (Å²) >= 11 is 0. The molecule has 4 rings (SSSR count). The van der Waals surface area contributed by atoms with E-state index in [9.17, 15) is 9.90 Å². The lowest BCUT2D eigenvalue weighted by Gasteiger charge is -2.57. The Balaban J connectivity index is 1.49. The van der Waals surface area contributed by atoms with Crippen LogP contribution in [-0.4, -0.2) is 80.0 Å². The normalized spacial score (nSPS) is 22.8. The number of nitrogens with zero attached hydrogens (tertiary/aromatic N) is 2. The summed E-state index contributed by atoms with van der Waals surface area (Å²) in [4.78, 5) is 16.8. The van der Waals surface area contributed by atoms with Crippen molar-refractivity contribution >= 4 is 5.91 Å². The summed E-state index contributed by atoms with van der Waals surface area (Å²) in [6.45, 7) is 2.63. The maximum absolute atomic E-state index is 12.5. The van der Waals surface area contributed by atoms with Crippen LogP contribution in [0.2, 0.25) is 0 Å². The summed E-state index contributed by atoms with van der Waals surface area (Å²) in [6, 6.07) is 16.3. The van der Waals surface area contributed by atoms with Crippen LogP contribution >= 0.6 is 0 Å². The topological polar surface area (TPSA) is 62.2 Å². The van der Waals surface area contributed by atoms with Gasteiger partial charge < -0.3 is 19.5 Å². The lowest BCUT2D eigenvalue weighted by molar-refractivity contribution is -0.140. The number of aliphatic hydroxyl groups is 1. The van der Waals surface area contributed by atoms with Crippen molar-refractivity contribution in [2.24, 2.45) is 0 Å². The van der Waals surface area contributed by atoms with Crippen molar-refractivity contribution in [2.75, 3.05) is 47.1 Å². The summed E-state index contributed by atoms with van der Waals surface area (Å²) in [5.74, 6) is 7.45. The molecule has 0 spiro atoms. The van der Waals surface area contributed by atoms with E-state index in [1.807, 2.05) is 41.3 Å². The van der Waals surface area contributed by atoms with E-state index in [2.05, 4.69) is 28.9 Å². The molecule has 3 atom stereocenters. The highest BCUT2D eigenvalue weighted by Gasteiger charge is 2.49. The zero-order valence-electron chi connectivity index (χ0n) is 19.4. The molecule has 33 heavy (non-hydrogen) atoms. The first-order chi connectivity index (χ1) is 16.1. The first-order valence-corrected chi connectivity index (χ1v) is 11.5. The molecular formula is C27H32N2O4. The van der Waals surface area contributed by atoms with Gasteiger partial charge in [0.25, 0.3) is 0 Å². The summed E-state index contributed by atoms with van der Waals surface area (Å²) in [6.07, 6.45) is 2.00. The number of rotatable bonds is 5. The Morgan fingerprint density at radius 3 is 2.24 bits per heavy atom. The van der Waals surface area contributed by atoms with Gasteiger partial charge in [-0.25, -0.2) is 0 Å². The lowest BCUT2D eigenvalue weighted by Crippen LogP contribution is -2.68. The highest BCUT2D eigenvalue weighted by Crippen LogP contribution is 2.41. The smallest absolute Gasteiger partial charge is 0.248 e. The van der Waals surface area contributed by atoms with Crippen LogP contribution in [0.4, 0.5) is 0 Å². The number of benzene rings is 2. The summed E-state index contributed by atoms with van der Waals surface area (Å²) in [7, 11) is 3.21. The minimum atomic E-state index is 0.0368. The predicted octanol–water partition coefficient (Wildman–Crippen LogP) is 2.49. The Labute approximate surface area is 196 Å². The van der Waals surface area contributed by atoms with Crippen molar-refractivity contribution < 1.29 is 19.4 Å². The van der Waals surface area contributed by atoms with E-state index < -0.39 is 0 Å². The van der Waals surface area contributed by atoms with Crippen LogP contribution in [0.3, 0.4) is 0 Å². The SMILES string of the molecule is COCC(=O)N1CCCCN2[C@H](CO)[C@H](c3ccc(C#Cc4ccc(OC)cc4)cc3)[C@@H]2C1. The second kappa shape index (κ2) is 10.8. The minimum Gasteiger partial charge on any atom is -0.497 e. The second-order valence-electron chi connectivity index (χ2n) is 8.66. The van der Waals surface area contributed by atoms with Crippen molar-refractivity contribution in [2.45, 2.75) is 30.8 Å². The molecule has 2 aliphatic heterocycles. The Kier molecular flexibility index (Phi) is 7.66. The third-order valence-corrected chi connectivity index (χ3v) is 6.73. The van der Waals surface area contributed by atoms with Crippen molar-refractivity contribution in [3.05, 3.63) is 65.2 Å². The van der Waals surface area contributed by atoms with Gasteiger partial charge in [0.2, 0.25) is 5.91 Å². The number of carbonyl (C=O) groups excluding carboxylic acids is 1. The Bertz CT molecular complexity index is 994. The van der Waals surface area contributed by atoms with E-state index in [4.69, 9.17) is 9.47 Å². The zero-order valence-corrected chi connectivity index (χ0v) is 19.4. The monoisotopic (exact) mass is 448 g/mol. The zero-order chi connectivity index (χ0) is 23.2. The van der Waals surface area contributed by atoms with E-state index in [0.717, 1.165) is 42.8 Å². The minimum absolute atomic E-state index is 0.0368. The first kappa shape index (κ1) is 23.3. The number of amides is 1. The van der Waals surface area contributed by atoms with Gasteiger partial charge in [-0.3, -0.25) is 9.69 Å². The molecule has 0 bridgehead atoms. The third-order valence-electron chi connectivity index (χ3n) is 6.73. The molecule has 2 saturated heterocycles. The molecule has 2 heterocycles. The van der Waals surface area contributed by atoms with Crippen LogP contribution in [0.25, 0.3) is 0 Å². The van der Waals surface area contributed by atoms with Gasteiger partial charge >= 0.3 is 0 Å². The number of aliphatic hydroxyl groups excluding tert-OH is 1. The summed E-state index contributed by atoms with van der Waals surface area (Å²) in [5, 5.41) is 10.1. The van der Waals surface area contributed by atoms with Crippen LogP contribution in [-0.2, 0) is 9.53 Å². The molecule has 2 aromatic rings. The van der Waals surface area contributed by atoms with E-state index in [0.29, 0.717) is 6.54 Å². The highest BCUT2D eigenvalue weighted by molar-refractivity contribution is 5.77. The quantitative estimate of drug-likeness (QED) is 0.713. The number of carbonyl (C=O) groups is 1. The maximum atomic E-state index is 12.5. The number of hydrogen-bond donors (Lipinski definition) is 1. The van der Waals surface area contributed by atoms with E-state index >= 15 is 0 Å². The lowest BCUT2D eigenvalue weighted by atomic mass is 9.74. The number of fused-ring (bicyclic) bond motifs is 1. The number of ether oxygens (including phenoxy) is 2. The van der Waals surface area contributed by atoms with Gasteiger partial charge in [0.15, 0.2) is 0 Å². The van der Waals surface area contributed by atoms with Crippen LogP contribution in [0.15, 0.2) is 48.5 Å². The summed E-state index contributed by atoms with van der Waals surface area (Å²) in [5.41, 5.74) is 3.07. The molecule has 0 radical (unpaired) electrons. The summed E-state index contributed by atoms with van der Waals surface area (Å²) < 4.78 is 10.3. The fourth-order valence-electron chi connectivity index (χ4n) is 4.99. The molecule has 6 heteroatoms. The van der Waals surface area contributed by atoms with Gasteiger partial charge in [0.1, 0.15) is 12.4 Å². The fraction of sp³-hybridized carbons (Fsp3) is 0.444. The molecule has 0 unspecified atom stereocenters. The molecule has 0 aliphatic carbocycles. The maximum Gasteiger partial charge on any atom is 0.248 e. The standard InChI is InChI=1S/C27H32N2O4/c1-32-19-26(31)28-15-3-4-16-29-24(17-28)27(25(29)18-30)22-11-7-20(8-12-22)5-6-21-9-13-23(33-2)14-10-21/h7-14,24-25,27,30H,3-4,15-19H2,1-2H3/t24-,25+,27+/m0/s1. The largest absolute Gasteiger partial charge is 0.497 e. The fourth-order valence-corrected chi connectivity index (χ4v) is 4.99. The van der Waals surface area contributed by atoms with Crippen LogP contribution in [0, 0.1) is 11.8 Å². The number of methoxy groups -OCH3 is 2. The van der Waals surface area contributed by atoms with Crippen molar-refractivity contribution in [3.63, 3.8) is 0 Å². The molecule has 2 aromatic carbocycles. The van der Waals surface area contributed by atoms with Crippen LogP contribution in [0.5, 0.6) is 5.75 Å². The second-order valence-corrected chi connectivity index (χ2v) is 8.66. The molecule has 6 nitrogen and oxygen atoms in total. The van der Waals surface area contributed by atoms with Gasteiger partial charge in [-0.2, -0.15) is 0 Å². The third kappa shape index (κ3) is 5.22. The average molecular weight is 449 g/mol. The molecule has 1 amide bonds. The van der Waals surface area contributed by atoms with Crippen molar-refractivity contribution in [1.29, 1.82) is 0 Å². The Hall–Kier alpha value is -2.85. The molecular weight excluding hydrogens is 416 g/mol. The van der Waals surface area contributed by atoms with Gasteiger partial charge in [0.05, 0.1) is 13.7 Å². The Morgan fingerprint density at radius 2 is 1.64 bits per heavy atom. The van der Waals surface area contributed by atoms with Crippen molar-refractivity contribution in [3.8, 4) is 17.6 Å². The molecule has 1 N–H and O–H groups in total. The average Bonchev–Trinajstić information content (AvgIpc) is 2.83.